The molecule has 3 heterocycles. The predicted octanol–water partition coefficient (Wildman–Crippen LogP) is 5.49. The van der Waals surface area contributed by atoms with Gasteiger partial charge in [0.05, 0.1) is 17.7 Å². The Bertz CT molecular complexity index is 1290. The molecule has 0 saturated carbocycles. The van der Waals surface area contributed by atoms with Crippen LogP contribution in [0.3, 0.4) is 0 Å². The normalized spacial score (nSPS) is 19.5. The van der Waals surface area contributed by atoms with E-state index in [1.165, 1.54) is 24.2 Å². The van der Waals surface area contributed by atoms with E-state index < -0.39 is 17.7 Å². The average molecular weight is 498 g/mol. The van der Waals surface area contributed by atoms with Crippen molar-refractivity contribution in [2.75, 3.05) is 22.9 Å². The smallest absolute Gasteiger partial charge is 0.300 e. The minimum atomic E-state index is -0.782. The fourth-order valence-electron chi connectivity index (χ4n) is 5.06. The maximum absolute atomic E-state index is 13.4. The molecule has 190 valence electrons. The molecule has 2 saturated heterocycles. The van der Waals surface area contributed by atoms with Crippen molar-refractivity contribution in [1.29, 1.82) is 0 Å². The summed E-state index contributed by atoms with van der Waals surface area (Å²) < 4.78 is 5.69. The van der Waals surface area contributed by atoms with Crippen LogP contribution in [0.15, 0.2) is 78.6 Å². The van der Waals surface area contributed by atoms with Crippen molar-refractivity contribution in [3.63, 3.8) is 0 Å². The summed E-state index contributed by atoms with van der Waals surface area (Å²) in [6, 6.07) is 17.4. The summed E-state index contributed by atoms with van der Waals surface area (Å²) in [4.78, 5) is 34.6. The minimum absolute atomic E-state index is 0.0118. The van der Waals surface area contributed by atoms with Gasteiger partial charge >= 0.3 is 0 Å². The first-order valence-electron chi connectivity index (χ1n) is 12.8. The molecule has 5 rings (SSSR count). The van der Waals surface area contributed by atoms with Gasteiger partial charge in [-0.25, -0.2) is 0 Å². The topological polar surface area (TPSA) is 83.0 Å². The first-order valence-corrected chi connectivity index (χ1v) is 12.8. The van der Waals surface area contributed by atoms with Crippen LogP contribution in [0.5, 0.6) is 5.75 Å². The van der Waals surface area contributed by atoms with E-state index in [2.05, 4.69) is 9.88 Å². The lowest BCUT2D eigenvalue weighted by Gasteiger charge is -2.30. The molecule has 7 nitrogen and oxygen atoms in total. The number of piperidine rings is 1. The van der Waals surface area contributed by atoms with Crippen LogP contribution in [0.2, 0.25) is 0 Å². The van der Waals surface area contributed by atoms with E-state index in [9.17, 15) is 14.7 Å². The molecule has 0 radical (unpaired) electrons. The number of aliphatic hydroxyl groups excluding tert-OH is 1. The molecule has 37 heavy (non-hydrogen) atoms. The largest absolute Gasteiger partial charge is 0.507 e. The Morgan fingerprint density at radius 2 is 1.51 bits per heavy atom. The molecule has 0 spiro atoms. The Balaban J connectivity index is 1.55. The maximum Gasteiger partial charge on any atom is 0.300 e. The van der Waals surface area contributed by atoms with E-state index in [-0.39, 0.29) is 17.4 Å². The number of Topliss-reactive ketones (excluding diaryl/α,β-unsaturated/α-hetero) is 1. The van der Waals surface area contributed by atoms with Crippen LogP contribution >= 0.6 is 0 Å². The molecule has 1 N–H and O–H groups in total. The third-order valence-corrected chi connectivity index (χ3v) is 6.81. The number of amides is 1. The van der Waals surface area contributed by atoms with Gasteiger partial charge in [0.2, 0.25) is 0 Å². The van der Waals surface area contributed by atoms with Crippen molar-refractivity contribution in [2.45, 2.75) is 45.3 Å². The van der Waals surface area contributed by atoms with Crippen LogP contribution in [-0.4, -0.2) is 41.0 Å². The number of hydrogen-bond acceptors (Lipinski definition) is 6. The van der Waals surface area contributed by atoms with Gasteiger partial charge in [-0.05, 0) is 99.3 Å². The number of hydrogen-bond donors (Lipinski definition) is 1. The molecule has 1 aromatic heterocycles. The number of anilines is 2. The zero-order valence-electron chi connectivity index (χ0n) is 21.1. The van der Waals surface area contributed by atoms with Gasteiger partial charge < -0.3 is 14.7 Å². The van der Waals surface area contributed by atoms with Gasteiger partial charge in [0.25, 0.3) is 11.7 Å². The van der Waals surface area contributed by atoms with E-state index in [1.807, 2.05) is 38.1 Å². The van der Waals surface area contributed by atoms with Gasteiger partial charge in [-0.2, -0.15) is 0 Å². The van der Waals surface area contributed by atoms with E-state index in [4.69, 9.17) is 4.74 Å². The number of ether oxygens (including phenoxy) is 1. The molecule has 2 fully saturated rings. The third kappa shape index (κ3) is 4.94. The summed E-state index contributed by atoms with van der Waals surface area (Å²) in [5.41, 5.74) is 2.88. The monoisotopic (exact) mass is 497 g/mol. The number of rotatable bonds is 6. The summed E-state index contributed by atoms with van der Waals surface area (Å²) in [5.74, 6) is -0.953. The van der Waals surface area contributed by atoms with Gasteiger partial charge in [-0.15, -0.1) is 0 Å². The molecule has 1 amide bonds. The average Bonchev–Trinajstić information content (AvgIpc) is 3.19. The van der Waals surface area contributed by atoms with Crippen molar-refractivity contribution in [3.05, 3.63) is 89.8 Å². The van der Waals surface area contributed by atoms with Gasteiger partial charge in [0, 0.05) is 42.4 Å². The highest BCUT2D eigenvalue weighted by Crippen LogP contribution is 2.42. The molecular formula is C30H31N3O4. The number of benzene rings is 2. The highest BCUT2D eigenvalue weighted by atomic mass is 16.5. The quantitative estimate of drug-likeness (QED) is 0.276. The van der Waals surface area contributed by atoms with Crippen molar-refractivity contribution in [1.82, 2.24) is 4.98 Å². The number of ketones is 1. The van der Waals surface area contributed by atoms with Gasteiger partial charge in [-0.3, -0.25) is 19.5 Å². The number of nitrogens with zero attached hydrogens (tertiary/aromatic N) is 3. The summed E-state index contributed by atoms with van der Waals surface area (Å²) in [6.07, 6.45) is 6.84. The van der Waals surface area contributed by atoms with Crippen LogP contribution in [0.1, 0.15) is 50.3 Å². The lowest BCUT2D eigenvalue weighted by molar-refractivity contribution is -0.132. The molecule has 3 aromatic rings. The standard InChI is InChI=1S/C30H31N3O4/c1-20(2)37-25-12-6-22(7-13-25)28(34)26-27(21-14-16-31-17-15-21)33(30(36)29(26)35)24-10-8-23(9-11-24)32-18-4-3-5-19-32/h6-17,20,27,34H,3-5,18-19H2,1-2H3/b28-26+. The minimum Gasteiger partial charge on any atom is -0.507 e. The number of pyridine rings is 1. The second-order valence-electron chi connectivity index (χ2n) is 9.70. The summed E-state index contributed by atoms with van der Waals surface area (Å²) >= 11 is 0. The zero-order chi connectivity index (χ0) is 25.9. The summed E-state index contributed by atoms with van der Waals surface area (Å²) in [5, 5.41) is 11.3. The first-order chi connectivity index (χ1) is 17.9. The lowest BCUT2D eigenvalue weighted by Crippen LogP contribution is -2.30. The Hall–Kier alpha value is -4.13. The third-order valence-electron chi connectivity index (χ3n) is 6.81. The van der Waals surface area contributed by atoms with Crippen LogP contribution in [0.4, 0.5) is 11.4 Å². The SMILES string of the molecule is CC(C)Oc1ccc(/C(O)=C2\C(=O)C(=O)N(c3ccc(N4CCCCC4)cc3)C2c2ccncc2)cc1. The second kappa shape index (κ2) is 10.5. The second-order valence-corrected chi connectivity index (χ2v) is 9.70. The van der Waals surface area contributed by atoms with E-state index in [0.29, 0.717) is 22.6 Å². The molecule has 2 aliphatic rings. The lowest BCUT2D eigenvalue weighted by atomic mass is 9.95. The summed E-state index contributed by atoms with van der Waals surface area (Å²) in [6.45, 7) is 5.90. The van der Waals surface area contributed by atoms with Crippen LogP contribution in [-0.2, 0) is 9.59 Å². The predicted molar refractivity (Wildman–Crippen MR) is 144 cm³/mol. The Morgan fingerprint density at radius 1 is 0.892 bits per heavy atom. The van der Waals surface area contributed by atoms with Crippen molar-refractivity contribution in [3.8, 4) is 5.75 Å². The Morgan fingerprint density at radius 3 is 2.14 bits per heavy atom. The number of carbonyl (C=O) groups excluding carboxylic acids is 2. The van der Waals surface area contributed by atoms with E-state index >= 15 is 0 Å². The molecule has 0 bridgehead atoms. The van der Waals surface area contributed by atoms with Crippen LogP contribution in [0, 0.1) is 0 Å². The molecule has 0 aliphatic carbocycles. The Labute approximate surface area is 217 Å². The van der Waals surface area contributed by atoms with Crippen molar-refractivity contribution < 1.29 is 19.4 Å². The first kappa shape index (κ1) is 24.6. The van der Waals surface area contributed by atoms with Gasteiger partial charge in [0.15, 0.2) is 0 Å². The number of carbonyl (C=O) groups is 2. The van der Waals surface area contributed by atoms with E-state index in [0.717, 1.165) is 18.8 Å². The molecule has 1 unspecified atom stereocenters. The fraction of sp³-hybridized carbons (Fsp3) is 0.300. The summed E-state index contributed by atoms with van der Waals surface area (Å²) in [7, 11) is 0. The molecule has 7 heteroatoms. The number of aromatic nitrogens is 1. The van der Waals surface area contributed by atoms with Crippen molar-refractivity contribution >= 4 is 28.8 Å². The van der Waals surface area contributed by atoms with Crippen LogP contribution < -0.4 is 14.5 Å². The molecule has 2 aromatic carbocycles. The van der Waals surface area contributed by atoms with Gasteiger partial charge in [-0.1, -0.05) is 0 Å². The molecule has 2 aliphatic heterocycles. The molecule has 1 atom stereocenters. The van der Waals surface area contributed by atoms with Crippen molar-refractivity contribution in [2.24, 2.45) is 0 Å². The highest BCUT2D eigenvalue weighted by Gasteiger charge is 2.47. The zero-order valence-corrected chi connectivity index (χ0v) is 21.1. The highest BCUT2D eigenvalue weighted by molar-refractivity contribution is 6.51. The number of aliphatic hydroxyl groups is 1. The van der Waals surface area contributed by atoms with Gasteiger partial charge in [0.1, 0.15) is 11.5 Å². The molecular weight excluding hydrogens is 466 g/mol. The maximum atomic E-state index is 13.4. The van der Waals surface area contributed by atoms with E-state index in [1.54, 1.807) is 48.8 Å². The fourth-order valence-corrected chi connectivity index (χ4v) is 5.06. The van der Waals surface area contributed by atoms with Crippen LogP contribution in [0.25, 0.3) is 5.76 Å². The Kier molecular flexibility index (Phi) is 6.95.